The normalized spacial score (nSPS) is 10.4. The molecule has 0 saturated carbocycles. The average molecular weight is 316 g/mol. The second-order valence-corrected chi connectivity index (χ2v) is 5.83. The molecule has 108 valence electrons. The molecule has 0 spiro atoms. The Balaban J connectivity index is 2.13. The molecule has 20 heavy (non-hydrogen) atoms. The summed E-state index contributed by atoms with van der Waals surface area (Å²) in [6.07, 6.45) is 0. The van der Waals surface area contributed by atoms with E-state index in [1.54, 1.807) is 13.2 Å². The highest BCUT2D eigenvalue weighted by atomic mass is 35.5. The quantitative estimate of drug-likeness (QED) is 0.914. The molecular weight excluding hydrogens is 301 g/mol. The molecule has 0 saturated heterocycles. The molecule has 1 aromatic carbocycles. The molecule has 0 amide bonds. The summed E-state index contributed by atoms with van der Waals surface area (Å²) in [5, 5.41) is 4.33. The van der Waals surface area contributed by atoms with Crippen molar-refractivity contribution in [2.24, 2.45) is 0 Å². The highest BCUT2D eigenvalue weighted by Gasteiger charge is 2.13. The summed E-state index contributed by atoms with van der Waals surface area (Å²) < 4.78 is 18.5. The molecule has 0 aliphatic rings. The van der Waals surface area contributed by atoms with Gasteiger partial charge in [0.25, 0.3) is 0 Å². The van der Waals surface area contributed by atoms with E-state index in [4.69, 9.17) is 16.3 Å². The first kappa shape index (κ1) is 14.9. The van der Waals surface area contributed by atoms with Gasteiger partial charge in [-0.15, -0.1) is 0 Å². The highest BCUT2D eigenvalue weighted by molar-refractivity contribution is 7.15. The third-order valence-corrected chi connectivity index (χ3v) is 3.96. The fourth-order valence-electron chi connectivity index (χ4n) is 1.63. The van der Waals surface area contributed by atoms with Crippen molar-refractivity contribution in [1.82, 2.24) is 4.98 Å². The van der Waals surface area contributed by atoms with Gasteiger partial charge in [-0.05, 0) is 18.2 Å². The predicted octanol–water partition coefficient (Wildman–Crippen LogP) is 3.62. The number of thiazole rings is 1. The Morgan fingerprint density at radius 1 is 1.40 bits per heavy atom. The third-order valence-electron chi connectivity index (χ3n) is 2.54. The molecule has 7 heteroatoms. The first-order valence-electron chi connectivity index (χ1n) is 5.90. The second kappa shape index (κ2) is 6.28. The Bertz CT molecular complexity index is 583. The minimum Gasteiger partial charge on any atom is -0.480 e. The van der Waals surface area contributed by atoms with E-state index in [0.717, 1.165) is 10.0 Å². The largest absolute Gasteiger partial charge is 0.480 e. The standard InChI is InChI=1S/C13H15ClFN3OS/c1-18(2)13-17-12(19-3)11(20-13)7-16-10-5-8(14)4-9(15)6-10/h4-6,16H,7H2,1-3H3. The van der Waals surface area contributed by atoms with Gasteiger partial charge in [0.15, 0.2) is 5.13 Å². The number of nitrogens with zero attached hydrogens (tertiary/aromatic N) is 2. The van der Waals surface area contributed by atoms with Gasteiger partial charge in [-0.2, -0.15) is 4.98 Å². The Kier molecular flexibility index (Phi) is 4.67. The average Bonchev–Trinajstić information content (AvgIpc) is 2.78. The first-order valence-corrected chi connectivity index (χ1v) is 7.10. The number of rotatable bonds is 5. The van der Waals surface area contributed by atoms with Gasteiger partial charge in [0.2, 0.25) is 5.88 Å². The van der Waals surface area contributed by atoms with Crippen molar-refractivity contribution < 1.29 is 9.13 Å². The Morgan fingerprint density at radius 2 is 2.15 bits per heavy atom. The number of hydrogen-bond acceptors (Lipinski definition) is 5. The topological polar surface area (TPSA) is 37.4 Å². The zero-order valence-electron chi connectivity index (χ0n) is 11.4. The molecule has 2 rings (SSSR count). The molecule has 0 aliphatic carbocycles. The van der Waals surface area contributed by atoms with Gasteiger partial charge in [0.1, 0.15) is 5.82 Å². The number of aromatic nitrogens is 1. The highest BCUT2D eigenvalue weighted by Crippen LogP contribution is 2.31. The lowest BCUT2D eigenvalue weighted by Crippen LogP contribution is -2.07. The Labute approximate surface area is 126 Å². The molecule has 1 heterocycles. The number of methoxy groups -OCH3 is 1. The third kappa shape index (κ3) is 3.52. The second-order valence-electron chi connectivity index (χ2n) is 4.33. The number of benzene rings is 1. The van der Waals surface area contributed by atoms with Crippen LogP contribution in [0.4, 0.5) is 15.2 Å². The predicted molar refractivity (Wildman–Crippen MR) is 81.7 cm³/mol. The zero-order valence-corrected chi connectivity index (χ0v) is 13.0. The fraction of sp³-hybridized carbons (Fsp3) is 0.308. The maximum atomic E-state index is 13.2. The summed E-state index contributed by atoms with van der Waals surface area (Å²) >= 11 is 7.34. The van der Waals surface area contributed by atoms with E-state index in [9.17, 15) is 4.39 Å². The van der Waals surface area contributed by atoms with Crippen LogP contribution in [0.3, 0.4) is 0 Å². The van der Waals surface area contributed by atoms with Crippen LogP contribution in [0.5, 0.6) is 5.88 Å². The number of hydrogen-bond donors (Lipinski definition) is 1. The van der Waals surface area contributed by atoms with Gasteiger partial charge < -0.3 is 15.0 Å². The van der Waals surface area contributed by atoms with Gasteiger partial charge in [0.05, 0.1) is 18.5 Å². The number of anilines is 2. The SMILES string of the molecule is COc1nc(N(C)C)sc1CNc1cc(F)cc(Cl)c1. The number of halogens is 2. The minimum atomic E-state index is -0.370. The van der Waals surface area contributed by atoms with E-state index in [1.807, 2.05) is 19.0 Å². The molecule has 0 unspecified atom stereocenters. The summed E-state index contributed by atoms with van der Waals surface area (Å²) in [7, 11) is 5.42. The van der Waals surface area contributed by atoms with Crippen LogP contribution in [-0.2, 0) is 6.54 Å². The maximum Gasteiger partial charge on any atom is 0.231 e. The van der Waals surface area contributed by atoms with Crippen LogP contribution >= 0.6 is 22.9 Å². The molecule has 0 atom stereocenters. The Morgan fingerprint density at radius 3 is 2.75 bits per heavy atom. The van der Waals surface area contributed by atoms with Crippen LogP contribution in [0, 0.1) is 5.82 Å². The molecular formula is C13H15ClFN3OS. The lowest BCUT2D eigenvalue weighted by Gasteiger charge is -2.06. The van der Waals surface area contributed by atoms with E-state index in [0.29, 0.717) is 23.1 Å². The lowest BCUT2D eigenvalue weighted by molar-refractivity contribution is 0.397. The van der Waals surface area contributed by atoms with E-state index in [1.165, 1.54) is 23.5 Å². The van der Waals surface area contributed by atoms with E-state index in [-0.39, 0.29) is 5.82 Å². The van der Waals surface area contributed by atoms with E-state index >= 15 is 0 Å². The molecule has 0 aliphatic heterocycles. The van der Waals surface area contributed by atoms with Crippen LogP contribution in [-0.4, -0.2) is 26.2 Å². The van der Waals surface area contributed by atoms with Crippen molar-refractivity contribution in [3.05, 3.63) is 33.9 Å². The first-order chi connectivity index (χ1) is 9.49. The molecule has 0 radical (unpaired) electrons. The van der Waals surface area contributed by atoms with Crippen molar-refractivity contribution in [1.29, 1.82) is 0 Å². The van der Waals surface area contributed by atoms with Gasteiger partial charge in [-0.3, -0.25) is 0 Å². The number of ether oxygens (including phenoxy) is 1. The summed E-state index contributed by atoms with van der Waals surface area (Å²) in [6, 6.07) is 4.33. The molecule has 0 bridgehead atoms. The van der Waals surface area contributed by atoms with Crippen molar-refractivity contribution in [3.8, 4) is 5.88 Å². The summed E-state index contributed by atoms with van der Waals surface area (Å²) in [5.41, 5.74) is 0.622. The van der Waals surface area contributed by atoms with Crippen LogP contribution < -0.4 is 15.0 Å². The van der Waals surface area contributed by atoms with Crippen molar-refractivity contribution >= 4 is 33.8 Å². The van der Waals surface area contributed by atoms with Gasteiger partial charge in [0, 0.05) is 24.8 Å². The van der Waals surface area contributed by atoms with Crippen molar-refractivity contribution in [2.45, 2.75) is 6.54 Å². The lowest BCUT2D eigenvalue weighted by atomic mass is 10.3. The maximum absolute atomic E-state index is 13.2. The molecule has 4 nitrogen and oxygen atoms in total. The van der Waals surface area contributed by atoms with Crippen molar-refractivity contribution in [2.75, 3.05) is 31.4 Å². The molecule has 2 aromatic rings. The summed E-state index contributed by atoms with van der Waals surface area (Å²) in [4.78, 5) is 7.21. The van der Waals surface area contributed by atoms with Gasteiger partial charge in [-0.1, -0.05) is 22.9 Å². The fourth-order valence-corrected chi connectivity index (χ4v) is 2.74. The van der Waals surface area contributed by atoms with Gasteiger partial charge in [-0.25, -0.2) is 4.39 Å². The smallest absolute Gasteiger partial charge is 0.231 e. The van der Waals surface area contributed by atoms with Gasteiger partial charge >= 0.3 is 0 Å². The summed E-state index contributed by atoms with van der Waals surface area (Å²) in [5.74, 6) is 0.207. The van der Waals surface area contributed by atoms with E-state index in [2.05, 4.69) is 10.3 Å². The van der Waals surface area contributed by atoms with Crippen LogP contribution in [0.25, 0.3) is 0 Å². The van der Waals surface area contributed by atoms with Crippen molar-refractivity contribution in [3.63, 3.8) is 0 Å². The molecule has 1 N–H and O–H groups in total. The summed E-state index contributed by atoms with van der Waals surface area (Å²) in [6.45, 7) is 0.495. The number of nitrogens with one attached hydrogen (secondary N) is 1. The Hall–Kier alpha value is -1.53. The van der Waals surface area contributed by atoms with E-state index < -0.39 is 0 Å². The minimum absolute atomic E-state index is 0.359. The molecule has 0 fully saturated rings. The monoisotopic (exact) mass is 315 g/mol. The van der Waals surface area contributed by atoms with Crippen LogP contribution in [0.2, 0.25) is 5.02 Å². The van der Waals surface area contributed by atoms with Crippen LogP contribution in [0.1, 0.15) is 4.88 Å². The zero-order chi connectivity index (χ0) is 14.7. The molecule has 1 aromatic heterocycles. The van der Waals surface area contributed by atoms with Crippen LogP contribution in [0.15, 0.2) is 18.2 Å².